The molecule has 0 saturated heterocycles. The first-order valence-corrected chi connectivity index (χ1v) is 8.16. The predicted molar refractivity (Wildman–Crippen MR) is 75.3 cm³/mol. The lowest BCUT2D eigenvalue weighted by atomic mass is 9.93. The fraction of sp³-hybridized carbons (Fsp3) is 0.727. The van der Waals surface area contributed by atoms with E-state index in [1.807, 2.05) is 0 Å². The Labute approximate surface area is 123 Å². The third-order valence-electron chi connectivity index (χ3n) is 2.74. The number of nitrogens with two attached hydrogens (primary N) is 1. The number of nitrogens with one attached hydrogen (secondary N) is 2. The summed E-state index contributed by atoms with van der Waals surface area (Å²) in [4.78, 5) is 33.6. The summed E-state index contributed by atoms with van der Waals surface area (Å²) in [5.41, 5.74) is 4.15. The Bertz CT molecular complexity index is 514. The van der Waals surface area contributed by atoms with Crippen molar-refractivity contribution in [2.45, 2.75) is 26.3 Å². The zero-order chi connectivity index (χ0) is 16.8. The monoisotopic (exact) mass is 323 g/mol. The number of hydrogen-bond donors (Lipinski definition) is 4. The largest absolute Gasteiger partial charge is 0.480 e. The molecule has 10 heteroatoms. The molecule has 1 unspecified atom stereocenters. The van der Waals surface area contributed by atoms with Crippen LogP contribution in [-0.4, -0.2) is 56.0 Å². The van der Waals surface area contributed by atoms with Crippen LogP contribution in [0, 0.1) is 5.41 Å². The Morgan fingerprint density at radius 2 is 1.81 bits per heavy atom. The van der Waals surface area contributed by atoms with Gasteiger partial charge in [-0.3, -0.25) is 4.79 Å². The average Bonchev–Trinajstić information content (AvgIpc) is 2.30. The Morgan fingerprint density at radius 1 is 1.29 bits per heavy atom. The van der Waals surface area contributed by atoms with E-state index < -0.39 is 39.2 Å². The second-order valence-electron chi connectivity index (χ2n) is 5.38. The van der Waals surface area contributed by atoms with Gasteiger partial charge in [-0.1, -0.05) is 0 Å². The fourth-order valence-corrected chi connectivity index (χ4v) is 1.85. The van der Waals surface area contributed by atoms with Crippen molar-refractivity contribution in [3.05, 3.63) is 0 Å². The topological polar surface area (TPSA) is 156 Å². The van der Waals surface area contributed by atoms with Crippen LogP contribution in [-0.2, 0) is 19.4 Å². The molecule has 0 aliphatic carbocycles. The minimum Gasteiger partial charge on any atom is -0.480 e. The third kappa shape index (κ3) is 8.12. The molecular weight excluding hydrogens is 302 g/mol. The molecule has 0 aromatic heterocycles. The number of amides is 3. The lowest BCUT2D eigenvalue weighted by Gasteiger charge is -2.22. The minimum atomic E-state index is -3.33. The maximum Gasteiger partial charge on any atom is 0.326 e. The molecule has 0 aliphatic heterocycles. The molecule has 9 nitrogen and oxygen atoms in total. The van der Waals surface area contributed by atoms with Gasteiger partial charge in [0.05, 0.1) is 11.2 Å². The number of rotatable bonds is 8. The van der Waals surface area contributed by atoms with E-state index in [-0.39, 0.29) is 18.7 Å². The van der Waals surface area contributed by atoms with E-state index >= 15 is 0 Å². The molecular formula is C11H21N3O6S. The maximum atomic E-state index is 11.6. The number of carboxylic acids is 1. The molecule has 3 amide bonds. The van der Waals surface area contributed by atoms with Gasteiger partial charge < -0.3 is 21.5 Å². The Hall–Kier alpha value is -1.84. The Kier molecular flexibility index (Phi) is 6.61. The van der Waals surface area contributed by atoms with Crippen LogP contribution in [0.25, 0.3) is 0 Å². The summed E-state index contributed by atoms with van der Waals surface area (Å²) in [5, 5.41) is 13.4. The van der Waals surface area contributed by atoms with Crippen LogP contribution in [0.4, 0.5) is 4.79 Å². The molecule has 5 N–H and O–H groups in total. The molecule has 0 rings (SSSR count). The predicted octanol–water partition coefficient (Wildman–Crippen LogP) is -1.31. The average molecular weight is 323 g/mol. The van der Waals surface area contributed by atoms with Crippen LogP contribution in [0.3, 0.4) is 0 Å². The number of carbonyl (C=O) groups excluding carboxylic acids is 2. The van der Waals surface area contributed by atoms with Crippen molar-refractivity contribution < 1.29 is 27.9 Å². The summed E-state index contributed by atoms with van der Waals surface area (Å²) < 4.78 is 22.0. The van der Waals surface area contributed by atoms with E-state index in [4.69, 9.17) is 10.8 Å². The van der Waals surface area contributed by atoms with E-state index in [0.717, 1.165) is 6.26 Å². The number of carbonyl (C=O) groups is 3. The fourth-order valence-electron chi connectivity index (χ4n) is 1.19. The highest BCUT2D eigenvalue weighted by molar-refractivity contribution is 7.90. The third-order valence-corrected chi connectivity index (χ3v) is 3.72. The standard InChI is InChI=1S/C11H21N3O6S/c1-11(2,9(12)17)6-13-10(18)14-7(8(15)16)4-5-21(3,19)20/h7H,4-6H2,1-3H3,(H2,12,17)(H,15,16)(H2,13,14,18). The molecule has 0 spiro atoms. The zero-order valence-corrected chi connectivity index (χ0v) is 13.0. The second kappa shape index (κ2) is 7.25. The van der Waals surface area contributed by atoms with Gasteiger partial charge in [-0.2, -0.15) is 0 Å². The molecule has 0 aromatic rings. The van der Waals surface area contributed by atoms with Gasteiger partial charge in [-0.05, 0) is 20.3 Å². The highest BCUT2D eigenvalue weighted by atomic mass is 32.2. The van der Waals surface area contributed by atoms with E-state index in [1.54, 1.807) is 0 Å². The van der Waals surface area contributed by atoms with Crippen LogP contribution < -0.4 is 16.4 Å². The first-order valence-electron chi connectivity index (χ1n) is 6.10. The van der Waals surface area contributed by atoms with Crippen molar-refractivity contribution in [2.75, 3.05) is 18.6 Å². The van der Waals surface area contributed by atoms with Crippen molar-refractivity contribution in [1.82, 2.24) is 10.6 Å². The van der Waals surface area contributed by atoms with Crippen LogP contribution in [0.2, 0.25) is 0 Å². The maximum absolute atomic E-state index is 11.6. The smallest absolute Gasteiger partial charge is 0.326 e. The van der Waals surface area contributed by atoms with Crippen LogP contribution in [0.5, 0.6) is 0 Å². The number of aliphatic carboxylic acids is 1. The molecule has 21 heavy (non-hydrogen) atoms. The lowest BCUT2D eigenvalue weighted by molar-refractivity contribution is -0.139. The summed E-state index contributed by atoms with van der Waals surface area (Å²) in [6, 6.07) is -2.15. The van der Waals surface area contributed by atoms with Crippen molar-refractivity contribution in [2.24, 2.45) is 11.1 Å². The summed E-state index contributed by atoms with van der Waals surface area (Å²) in [6.07, 6.45) is 0.724. The Morgan fingerprint density at radius 3 is 2.19 bits per heavy atom. The Balaban J connectivity index is 4.50. The summed E-state index contributed by atoms with van der Waals surface area (Å²) >= 11 is 0. The molecule has 0 radical (unpaired) electrons. The molecule has 0 heterocycles. The number of carboxylic acid groups (broad SMARTS) is 1. The van der Waals surface area contributed by atoms with E-state index in [2.05, 4.69) is 10.6 Å². The van der Waals surface area contributed by atoms with Gasteiger partial charge in [-0.25, -0.2) is 18.0 Å². The molecule has 1 atom stereocenters. The zero-order valence-electron chi connectivity index (χ0n) is 12.2. The van der Waals surface area contributed by atoms with E-state index in [9.17, 15) is 22.8 Å². The van der Waals surface area contributed by atoms with Crippen molar-refractivity contribution in [3.63, 3.8) is 0 Å². The quantitative estimate of drug-likeness (QED) is 0.434. The van der Waals surface area contributed by atoms with E-state index in [0.29, 0.717) is 0 Å². The summed E-state index contributed by atoms with van der Waals surface area (Å²) in [5.74, 6) is -2.32. The summed E-state index contributed by atoms with van der Waals surface area (Å²) in [6.45, 7) is 2.97. The van der Waals surface area contributed by atoms with Crippen LogP contribution >= 0.6 is 0 Å². The lowest BCUT2D eigenvalue weighted by Crippen LogP contribution is -2.50. The molecule has 0 fully saturated rings. The van der Waals surface area contributed by atoms with Gasteiger partial charge in [0, 0.05) is 12.8 Å². The number of sulfone groups is 1. The van der Waals surface area contributed by atoms with Gasteiger partial charge in [0.25, 0.3) is 0 Å². The van der Waals surface area contributed by atoms with Crippen molar-refractivity contribution in [3.8, 4) is 0 Å². The van der Waals surface area contributed by atoms with Gasteiger partial charge in [0.1, 0.15) is 15.9 Å². The first kappa shape index (κ1) is 19.2. The van der Waals surface area contributed by atoms with Gasteiger partial charge >= 0.3 is 12.0 Å². The second-order valence-corrected chi connectivity index (χ2v) is 7.64. The molecule has 0 saturated carbocycles. The first-order chi connectivity index (χ1) is 9.35. The molecule has 122 valence electrons. The van der Waals surface area contributed by atoms with Gasteiger partial charge in [-0.15, -0.1) is 0 Å². The molecule has 0 aliphatic rings. The number of primary amides is 1. The van der Waals surface area contributed by atoms with Crippen molar-refractivity contribution in [1.29, 1.82) is 0 Å². The molecule has 0 bridgehead atoms. The van der Waals surface area contributed by atoms with Crippen molar-refractivity contribution >= 4 is 27.7 Å². The highest BCUT2D eigenvalue weighted by Crippen LogP contribution is 2.11. The van der Waals surface area contributed by atoms with Crippen LogP contribution in [0.1, 0.15) is 20.3 Å². The minimum absolute atomic E-state index is 0.0768. The van der Waals surface area contributed by atoms with Crippen LogP contribution in [0.15, 0.2) is 0 Å². The van der Waals surface area contributed by atoms with Gasteiger partial charge in [0.2, 0.25) is 5.91 Å². The van der Waals surface area contributed by atoms with E-state index in [1.165, 1.54) is 13.8 Å². The summed E-state index contributed by atoms with van der Waals surface area (Å²) in [7, 11) is -3.33. The highest BCUT2D eigenvalue weighted by Gasteiger charge is 2.27. The number of hydrogen-bond acceptors (Lipinski definition) is 5. The van der Waals surface area contributed by atoms with Gasteiger partial charge in [0.15, 0.2) is 0 Å². The normalized spacial score (nSPS) is 13.3. The molecule has 0 aromatic carbocycles. The SMILES string of the molecule is CC(C)(CNC(=O)NC(CCS(C)(=O)=O)C(=O)O)C(N)=O. The number of urea groups is 1.